The lowest BCUT2D eigenvalue weighted by molar-refractivity contribution is -0.133. The molecular formula is C11H15N3O. The average Bonchev–Trinajstić information content (AvgIpc) is 3.02. The van der Waals surface area contributed by atoms with Crippen LogP contribution in [0.3, 0.4) is 0 Å². The lowest BCUT2D eigenvalue weighted by atomic mass is 10.2. The monoisotopic (exact) mass is 205 g/mol. The first-order chi connectivity index (χ1) is 7.20. The lowest BCUT2D eigenvalue weighted by Gasteiger charge is -2.23. The number of hydrogen-bond acceptors (Lipinski definition) is 3. The third kappa shape index (κ3) is 3.27. The van der Waals surface area contributed by atoms with Crippen LogP contribution < -0.4 is 5.73 Å². The molecule has 1 unspecified atom stereocenters. The van der Waals surface area contributed by atoms with Gasteiger partial charge in [-0.15, -0.1) is 12.3 Å². The minimum Gasteiger partial charge on any atom is -0.337 e. The zero-order valence-corrected chi connectivity index (χ0v) is 8.65. The van der Waals surface area contributed by atoms with Gasteiger partial charge in [-0.1, -0.05) is 0 Å². The highest BCUT2D eigenvalue weighted by molar-refractivity contribution is 5.82. The largest absolute Gasteiger partial charge is 0.337 e. The average molecular weight is 205 g/mol. The highest BCUT2D eigenvalue weighted by Crippen LogP contribution is 2.27. The highest BCUT2D eigenvalue weighted by atomic mass is 16.2. The van der Waals surface area contributed by atoms with E-state index in [2.05, 4.69) is 5.92 Å². The summed E-state index contributed by atoms with van der Waals surface area (Å²) >= 11 is 0. The fourth-order valence-electron chi connectivity index (χ4n) is 1.46. The number of nitriles is 1. The van der Waals surface area contributed by atoms with Crippen molar-refractivity contribution in [3.8, 4) is 18.4 Å². The Morgan fingerprint density at radius 2 is 2.33 bits per heavy atom. The Balaban J connectivity index is 2.52. The van der Waals surface area contributed by atoms with Crippen LogP contribution in [0, 0.1) is 23.7 Å². The van der Waals surface area contributed by atoms with Crippen molar-refractivity contribution < 1.29 is 4.79 Å². The molecule has 1 amide bonds. The molecule has 0 aromatic carbocycles. The van der Waals surface area contributed by atoms with Crippen LogP contribution in [0.15, 0.2) is 0 Å². The minimum absolute atomic E-state index is 0.120. The summed E-state index contributed by atoms with van der Waals surface area (Å²) in [5.74, 6) is 2.26. The standard InChI is InChI=1S/C11H15N3O/c1-2-4-10(13)11(15)14(8-3-7-12)9-5-6-9/h1,9-10H,3-6,8,13H2. The van der Waals surface area contributed by atoms with E-state index < -0.39 is 6.04 Å². The number of rotatable bonds is 5. The van der Waals surface area contributed by atoms with Crippen molar-refractivity contribution >= 4 is 5.91 Å². The van der Waals surface area contributed by atoms with Crippen molar-refractivity contribution in [1.82, 2.24) is 4.90 Å². The first-order valence-electron chi connectivity index (χ1n) is 5.07. The number of amides is 1. The van der Waals surface area contributed by atoms with Gasteiger partial charge in [-0.2, -0.15) is 5.26 Å². The van der Waals surface area contributed by atoms with E-state index in [0.717, 1.165) is 12.8 Å². The van der Waals surface area contributed by atoms with Gasteiger partial charge in [0, 0.05) is 19.0 Å². The van der Waals surface area contributed by atoms with E-state index in [1.54, 1.807) is 4.90 Å². The highest BCUT2D eigenvalue weighted by Gasteiger charge is 2.33. The first-order valence-corrected chi connectivity index (χ1v) is 5.07. The molecule has 4 nitrogen and oxygen atoms in total. The number of carbonyl (C=O) groups excluding carboxylic acids is 1. The van der Waals surface area contributed by atoms with Crippen molar-refractivity contribution in [3.63, 3.8) is 0 Å². The molecule has 4 heteroatoms. The zero-order valence-electron chi connectivity index (χ0n) is 8.65. The number of carbonyl (C=O) groups is 1. The molecule has 80 valence electrons. The van der Waals surface area contributed by atoms with Gasteiger partial charge >= 0.3 is 0 Å². The molecule has 0 heterocycles. The van der Waals surface area contributed by atoms with Crippen LogP contribution in [0.5, 0.6) is 0 Å². The SMILES string of the molecule is C#CCC(N)C(=O)N(CCC#N)C1CC1. The molecule has 1 fully saturated rings. The van der Waals surface area contributed by atoms with Crippen LogP contribution in [0.4, 0.5) is 0 Å². The quantitative estimate of drug-likeness (QED) is 0.654. The molecule has 0 aromatic heterocycles. The van der Waals surface area contributed by atoms with E-state index in [1.165, 1.54) is 0 Å². The maximum atomic E-state index is 11.8. The summed E-state index contributed by atoms with van der Waals surface area (Å²) in [7, 11) is 0. The molecule has 0 spiro atoms. The Morgan fingerprint density at radius 3 is 2.80 bits per heavy atom. The summed E-state index contributed by atoms with van der Waals surface area (Å²) in [6.07, 6.45) is 7.74. The molecule has 0 saturated heterocycles. The predicted molar refractivity (Wildman–Crippen MR) is 56.4 cm³/mol. The summed E-state index contributed by atoms with van der Waals surface area (Å²) in [6, 6.07) is 1.70. The van der Waals surface area contributed by atoms with Crippen LogP contribution in [-0.2, 0) is 4.79 Å². The number of terminal acetylenes is 1. The van der Waals surface area contributed by atoms with Crippen molar-refractivity contribution in [2.24, 2.45) is 5.73 Å². The molecule has 0 aliphatic heterocycles. The molecule has 0 aromatic rings. The number of nitrogens with two attached hydrogens (primary N) is 1. The second kappa shape index (κ2) is 5.38. The third-order valence-corrected chi connectivity index (χ3v) is 2.39. The van der Waals surface area contributed by atoms with Gasteiger partial charge < -0.3 is 10.6 Å². The molecule has 2 N–H and O–H groups in total. The molecular weight excluding hydrogens is 190 g/mol. The number of nitrogens with zero attached hydrogens (tertiary/aromatic N) is 2. The molecule has 1 aliphatic rings. The van der Waals surface area contributed by atoms with Crippen LogP contribution in [0.2, 0.25) is 0 Å². The normalized spacial score (nSPS) is 16.2. The van der Waals surface area contributed by atoms with Crippen LogP contribution in [0.1, 0.15) is 25.7 Å². The van der Waals surface area contributed by atoms with E-state index in [-0.39, 0.29) is 18.4 Å². The fraction of sp³-hybridized carbons (Fsp3) is 0.636. The summed E-state index contributed by atoms with van der Waals surface area (Å²) < 4.78 is 0. The van der Waals surface area contributed by atoms with Gasteiger partial charge in [-0.3, -0.25) is 4.79 Å². The molecule has 1 saturated carbocycles. The maximum Gasteiger partial charge on any atom is 0.240 e. The molecule has 15 heavy (non-hydrogen) atoms. The Hall–Kier alpha value is -1.52. The Kier molecular flexibility index (Phi) is 4.15. The van der Waals surface area contributed by atoms with Gasteiger partial charge in [0.15, 0.2) is 0 Å². The zero-order chi connectivity index (χ0) is 11.3. The van der Waals surface area contributed by atoms with Crippen molar-refractivity contribution in [1.29, 1.82) is 5.26 Å². The summed E-state index contributed by atoms with van der Waals surface area (Å²) in [4.78, 5) is 13.5. The van der Waals surface area contributed by atoms with Crippen molar-refractivity contribution in [2.45, 2.75) is 37.8 Å². The van der Waals surface area contributed by atoms with Gasteiger partial charge in [-0.05, 0) is 12.8 Å². The van der Waals surface area contributed by atoms with Crippen molar-refractivity contribution in [3.05, 3.63) is 0 Å². The summed E-state index contributed by atoms with van der Waals surface area (Å²) in [5, 5.41) is 8.49. The van der Waals surface area contributed by atoms with Gasteiger partial charge in [0.05, 0.1) is 18.5 Å². The smallest absolute Gasteiger partial charge is 0.240 e. The summed E-state index contributed by atoms with van der Waals surface area (Å²) in [6.45, 7) is 0.471. The minimum atomic E-state index is -0.616. The van der Waals surface area contributed by atoms with Gasteiger partial charge in [0.2, 0.25) is 5.91 Å². The second-order valence-electron chi connectivity index (χ2n) is 3.69. The molecule has 1 rings (SSSR count). The second-order valence-corrected chi connectivity index (χ2v) is 3.69. The van der Waals surface area contributed by atoms with Gasteiger partial charge in [0.1, 0.15) is 0 Å². The maximum absolute atomic E-state index is 11.8. The Morgan fingerprint density at radius 1 is 1.67 bits per heavy atom. The van der Waals surface area contributed by atoms with E-state index in [9.17, 15) is 4.79 Å². The third-order valence-electron chi connectivity index (χ3n) is 2.39. The van der Waals surface area contributed by atoms with Crippen LogP contribution in [-0.4, -0.2) is 29.4 Å². The van der Waals surface area contributed by atoms with Gasteiger partial charge in [-0.25, -0.2) is 0 Å². The molecule has 0 bridgehead atoms. The fourth-order valence-corrected chi connectivity index (χ4v) is 1.46. The topological polar surface area (TPSA) is 70.1 Å². The predicted octanol–water partition coefficient (Wildman–Crippen LogP) is 0.242. The Bertz CT molecular complexity index is 309. The van der Waals surface area contributed by atoms with Crippen molar-refractivity contribution in [2.75, 3.05) is 6.54 Å². The first kappa shape index (κ1) is 11.6. The lowest BCUT2D eigenvalue weighted by Crippen LogP contribution is -2.45. The van der Waals surface area contributed by atoms with Gasteiger partial charge in [0.25, 0.3) is 0 Å². The Labute approximate surface area is 90.0 Å². The molecule has 0 radical (unpaired) electrons. The van der Waals surface area contributed by atoms with Crippen LogP contribution >= 0.6 is 0 Å². The summed E-state index contributed by atoms with van der Waals surface area (Å²) in [5.41, 5.74) is 5.65. The van der Waals surface area contributed by atoms with E-state index in [0.29, 0.717) is 13.0 Å². The molecule has 1 atom stereocenters. The number of hydrogen-bond donors (Lipinski definition) is 1. The van der Waals surface area contributed by atoms with E-state index >= 15 is 0 Å². The molecule has 1 aliphatic carbocycles. The van der Waals surface area contributed by atoms with E-state index in [4.69, 9.17) is 17.4 Å². The van der Waals surface area contributed by atoms with Crippen LogP contribution in [0.25, 0.3) is 0 Å². The van der Waals surface area contributed by atoms with E-state index in [1.807, 2.05) is 6.07 Å².